The summed E-state index contributed by atoms with van der Waals surface area (Å²) >= 11 is 0. The molecule has 0 aromatic heterocycles. The van der Waals surface area contributed by atoms with Gasteiger partial charge in [-0.3, -0.25) is 0 Å². The van der Waals surface area contributed by atoms with Crippen LogP contribution in [0.15, 0.2) is 30.3 Å². The molecule has 1 unspecified atom stereocenters. The van der Waals surface area contributed by atoms with Gasteiger partial charge in [-0.15, -0.1) is 0 Å². The zero-order valence-electron chi connectivity index (χ0n) is 13.1. The van der Waals surface area contributed by atoms with Crippen molar-refractivity contribution in [1.29, 1.82) is 0 Å². The van der Waals surface area contributed by atoms with Crippen LogP contribution in [-0.2, 0) is 11.3 Å². The van der Waals surface area contributed by atoms with E-state index in [-0.39, 0.29) is 17.6 Å². The highest BCUT2D eigenvalue weighted by Crippen LogP contribution is 2.27. The van der Waals surface area contributed by atoms with Crippen molar-refractivity contribution in [1.82, 2.24) is 5.32 Å². The lowest BCUT2D eigenvalue weighted by molar-refractivity contribution is 0.131. The second kappa shape index (κ2) is 7.93. The molecule has 1 aromatic carbocycles. The Balaban J connectivity index is 2.40. The molecule has 0 heterocycles. The Kier molecular flexibility index (Phi) is 6.56. The maximum atomic E-state index is 11.8. The van der Waals surface area contributed by atoms with E-state index in [9.17, 15) is 4.79 Å². The van der Waals surface area contributed by atoms with Crippen molar-refractivity contribution < 1.29 is 9.53 Å². The summed E-state index contributed by atoms with van der Waals surface area (Å²) in [5.74, 6) is 0. The first kappa shape index (κ1) is 16.5. The van der Waals surface area contributed by atoms with Gasteiger partial charge in [0, 0.05) is 6.04 Å². The van der Waals surface area contributed by atoms with Crippen LogP contribution in [0.5, 0.6) is 0 Å². The minimum absolute atomic E-state index is 0.174. The Labute approximate surface area is 122 Å². The smallest absolute Gasteiger partial charge is 0.407 e. The van der Waals surface area contributed by atoms with E-state index in [2.05, 4.69) is 33.0 Å². The summed E-state index contributed by atoms with van der Waals surface area (Å²) in [5.41, 5.74) is 1.25. The van der Waals surface area contributed by atoms with Crippen LogP contribution >= 0.6 is 0 Å². The summed E-state index contributed by atoms with van der Waals surface area (Å²) in [6.07, 6.45) is 2.67. The lowest BCUT2D eigenvalue weighted by Crippen LogP contribution is -2.37. The van der Waals surface area contributed by atoms with Gasteiger partial charge in [0.1, 0.15) is 6.61 Å². The van der Waals surface area contributed by atoms with E-state index in [0.717, 1.165) is 24.8 Å². The van der Waals surface area contributed by atoms with Crippen molar-refractivity contribution in [2.24, 2.45) is 5.41 Å². The Hall–Kier alpha value is -1.51. The van der Waals surface area contributed by atoms with Gasteiger partial charge in [0.15, 0.2) is 0 Å². The van der Waals surface area contributed by atoms with Crippen LogP contribution in [0.4, 0.5) is 4.79 Å². The molecule has 0 aliphatic carbocycles. The van der Waals surface area contributed by atoms with Gasteiger partial charge in [-0.2, -0.15) is 0 Å². The summed E-state index contributed by atoms with van der Waals surface area (Å²) in [4.78, 5) is 11.8. The number of ether oxygens (including phenoxy) is 1. The predicted molar refractivity (Wildman–Crippen MR) is 82.5 cm³/mol. The summed E-state index contributed by atoms with van der Waals surface area (Å²) < 4.78 is 5.26. The maximum absolute atomic E-state index is 11.8. The van der Waals surface area contributed by atoms with E-state index in [4.69, 9.17) is 4.74 Å². The van der Waals surface area contributed by atoms with Crippen molar-refractivity contribution in [3.05, 3.63) is 35.9 Å². The third kappa shape index (κ3) is 6.09. The minimum Gasteiger partial charge on any atom is -0.445 e. The lowest BCUT2D eigenvalue weighted by atomic mass is 9.83. The summed E-state index contributed by atoms with van der Waals surface area (Å²) in [7, 11) is 0. The lowest BCUT2D eigenvalue weighted by Gasteiger charge is -2.28. The minimum atomic E-state index is -0.326. The first-order valence-electron chi connectivity index (χ1n) is 7.44. The molecule has 112 valence electrons. The Morgan fingerprint density at radius 1 is 1.25 bits per heavy atom. The van der Waals surface area contributed by atoms with Crippen LogP contribution in [0.25, 0.3) is 0 Å². The fourth-order valence-corrected chi connectivity index (χ4v) is 2.04. The van der Waals surface area contributed by atoms with Crippen molar-refractivity contribution in [2.75, 3.05) is 0 Å². The monoisotopic (exact) mass is 277 g/mol. The van der Waals surface area contributed by atoms with Gasteiger partial charge in [-0.05, 0) is 23.8 Å². The van der Waals surface area contributed by atoms with E-state index in [1.807, 2.05) is 30.3 Å². The number of nitrogens with one attached hydrogen (secondary N) is 1. The number of alkyl carbamates (subject to hydrolysis) is 1. The first-order valence-corrected chi connectivity index (χ1v) is 7.44. The number of benzene rings is 1. The highest BCUT2D eigenvalue weighted by Gasteiger charge is 2.22. The van der Waals surface area contributed by atoms with Gasteiger partial charge in [0.2, 0.25) is 0 Å². The molecule has 1 rings (SSSR count). The molecule has 0 aliphatic heterocycles. The average Bonchev–Trinajstić information content (AvgIpc) is 2.45. The van der Waals surface area contributed by atoms with Crippen molar-refractivity contribution >= 4 is 6.09 Å². The van der Waals surface area contributed by atoms with Crippen LogP contribution in [0.3, 0.4) is 0 Å². The molecule has 3 heteroatoms. The molecule has 20 heavy (non-hydrogen) atoms. The molecule has 0 radical (unpaired) electrons. The zero-order valence-corrected chi connectivity index (χ0v) is 13.1. The van der Waals surface area contributed by atoms with Crippen molar-refractivity contribution in [3.8, 4) is 0 Å². The Morgan fingerprint density at radius 2 is 1.90 bits per heavy atom. The van der Waals surface area contributed by atoms with Gasteiger partial charge in [0.05, 0.1) is 0 Å². The molecule has 1 aromatic rings. The molecule has 1 atom stereocenters. The van der Waals surface area contributed by atoms with Gasteiger partial charge < -0.3 is 10.1 Å². The average molecular weight is 277 g/mol. The number of hydrogen-bond donors (Lipinski definition) is 1. The molecule has 1 N–H and O–H groups in total. The highest BCUT2D eigenvalue weighted by molar-refractivity contribution is 5.67. The third-order valence-corrected chi connectivity index (χ3v) is 3.78. The molecule has 0 fully saturated rings. The van der Waals surface area contributed by atoms with Crippen LogP contribution in [0.2, 0.25) is 0 Å². The maximum Gasteiger partial charge on any atom is 0.407 e. The summed E-state index contributed by atoms with van der Waals surface area (Å²) in [5, 5.41) is 2.97. The van der Waals surface area contributed by atoms with E-state index in [1.165, 1.54) is 0 Å². The number of carbonyl (C=O) groups is 1. The van der Waals surface area contributed by atoms with E-state index < -0.39 is 0 Å². The van der Waals surface area contributed by atoms with E-state index in [0.29, 0.717) is 6.61 Å². The number of rotatable bonds is 7. The second-order valence-electron chi connectivity index (χ2n) is 6.03. The van der Waals surface area contributed by atoms with Gasteiger partial charge in [-0.25, -0.2) is 4.79 Å². The molecule has 0 bridgehead atoms. The van der Waals surface area contributed by atoms with E-state index in [1.54, 1.807) is 0 Å². The SMILES string of the molecule is CCC(CC(C)(C)CC)NC(=O)OCc1ccccc1. The van der Waals surface area contributed by atoms with Crippen molar-refractivity contribution in [3.63, 3.8) is 0 Å². The van der Waals surface area contributed by atoms with Gasteiger partial charge in [-0.1, -0.05) is 64.4 Å². The topological polar surface area (TPSA) is 38.3 Å². The molecule has 0 saturated carbocycles. The molecule has 1 amide bonds. The largest absolute Gasteiger partial charge is 0.445 e. The normalized spacial score (nSPS) is 12.8. The fourth-order valence-electron chi connectivity index (χ4n) is 2.04. The number of carbonyl (C=O) groups excluding carboxylic acids is 1. The Bertz CT molecular complexity index is 401. The summed E-state index contributed by atoms with van der Waals surface area (Å²) in [6.45, 7) is 9.05. The molecular formula is C17H27NO2. The van der Waals surface area contributed by atoms with Crippen LogP contribution in [0, 0.1) is 5.41 Å². The molecular weight excluding hydrogens is 250 g/mol. The second-order valence-corrected chi connectivity index (χ2v) is 6.03. The molecule has 0 aliphatic rings. The van der Waals surface area contributed by atoms with Crippen LogP contribution < -0.4 is 5.32 Å². The van der Waals surface area contributed by atoms with Crippen LogP contribution in [0.1, 0.15) is 52.5 Å². The van der Waals surface area contributed by atoms with Crippen molar-refractivity contribution in [2.45, 2.75) is 59.6 Å². The third-order valence-electron chi connectivity index (χ3n) is 3.78. The number of amides is 1. The standard InChI is InChI=1S/C17H27NO2/c1-5-15(12-17(3,4)6-2)18-16(19)20-13-14-10-8-7-9-11-14/h7-11,15H,5-6,12-13H2,1-4H3,(H,18,19). The van der Waals surface area contributed by atoms with E-state index >= 15 is 0 Å². The first-order chi connectivity index (χ1) is 9.46. The summed E-state index contributed by atoms with van der Waals surface area (Å²) in [6, 6.07) is 9.90. The predicted octanol–water partition coefficient (Wildman–Crippen LogP) is 4.52. The zero-order chi connectivity index (χ0) is 15.0. The quantitative estimate of drug-likeness (QED) is 0.796. The van der Waals surface area contributed by atoms with Gasteiger partial charge >= 0.3 is 6.09 Å². The van der Waals surface area contributed by atoms with Crippen LogP contribution in [-0.4, -0.2) is 12.1 Å². The number of hydrogen-bond acceptors (Lipinski definition) is 2. The molecule has 3 nitrogen and oxygen atoms in total. The molecule has 0 saturated heterocycles. The fraction of sp³-hybridized carbons (Fsp3) is 0.588. The molecule has 0 spiro atoms. The van der Waals surface area contributed by atoms with Gasteiger partial charge in [0.25, 0.3) is 0 Å². The Morgan fingerprint density at radius 3 is 2.45 bits per heavy atom. The highest BCUT2D eigenvalue weighted by atomic mass is 16.5.